The number of methoxy groups -OCH3 is 1. The number of rotatable bonds is 2. The minimum absolute atomic E-state index is 0.115. The lowest BCUT2D eigenvalue weighted by atomic mass is 10.1. The van der Waals surface area contributed by atoms with E-state index in [1.54, 1.807) is 7.11 Å². The van der Waals surface area contributed by atoms with Gasteiger partial charge in [0.15, 0.2) is 0 Å². The van der Waals surface area contributed by atoms with Crippen LogP contribution in [0, 0.1) is 0 Å². The largest absolute Gasteiger partial charge is 0.481 e. The topological polar surface area (TPSA) is 53.1 Å². The summed E-state index contributed by atoms with van der Waals surface area (Å²) in [6.45, 7) is 0. The fourth-order valence-electron chi connectivity index (χ4n) is 2.15. The first kappa shape index (κ1) is 9.66. The molecule has 0 bridgehead atoms. The summed E-state index contributed by atoms with van der Waals surface area (Å²) in [6, 6.07) is 3.93. The Morgan fingerprint density at radius 2 is 2.19 bits per heavy atom. The third kappa shape index (κ3) is 1.23. The van der Waals surface area contributed by atoms with Gasteiger partial charge in [-0.05, 0) is 24.5 Å². The van der Waals surface area contributed by atoms with Crippen molar-refractivity contribution in [2.24, 2.45) is 12.8 Å². The van der Waals surface area contributed by atoms with Crippen LogP contribution in [-0.4, -0.2) is 16.7 Å². The van der Waals surface area contributed by atoms with Crippen LogP contribution in [0.3, 0.4) is 0 Å². The van der Waals surface area contributed by atoms with Gasteiger partial charge in [0.05, 0.1) is 7.11 Å². The minimum Gasteiger partial charge on any atom is -0.481 e. The molecule has 84 valence electrons. The standard InChI is InChI=1S/C12H15N3O/c1-15-7-9(12(13)5-6-12)8-3-4-10(16-2)14-11(8)15/h3-4,7H,5-6,13H2,1-2H3. The van der Waals surface area contributed by atoms with Gasteiger partial charge in [-0.1, -0.05) is 0 Å². The first-order valence-corrected chi connectivity index (χ1v) is 5.43. The summed E-state index contributed by atoms with van der Waals surface area (Å²) >= 11 is 0. The molecule has 0 saturated heterocycles. The van der Waals surface area contributed by atoms with Gasteiger partial charge in [-0.3, -0.25) is 0 Å². The Morgan fingerprint density at radius 1 is 1.44 bits per heavy atom. The van der Waals surface area contributed by atoms with Gasteiger partial charge < -0.3 is 15.0 Å². The molecule has 2 aromatic rings. The normalized spacial score (nSPS) is 17.7. The summed E-state index contributed by atoms with van der Waals surface area (Å²) < 4.78 is 7.15. The fourth-order valence-corrected chi connectivity index (χ4v) is 2.15. The number of ether oxygens (including phenoxy) is 1. The van der Waals surface area contributed by atoms with Crippen molar-refractivity contribution in [1.29, 1.82) is 0 Å². The Labute approximate surface area is 94.0 Å². The first-order valence-electron chi connectivity index (χ1n) is 5.43. The fraction of sp³-hybridized carbons (Fsp3) is 0.417. The van der Waals surface area contributed by atoms with Crippen LogP contribution >= 0.6 is 0 Å². The molecule has 2 heterocycles. The van der Waals surface area contributed by atoms with E-state index in [4.69, 9.17) is 10.5 Å². The zero-order valence-corrected chi connectivity index (χ0v) is 9.53. The molecule has 0 atom stereocenters. The van der Waals surface area contributed by atoms with Crippen molar-refractivity contribution in [3.05, 3.63) is 23.9 Å². The summed E-state index contributed by atoms with van der Waals surface area (Å²) in [7, 11) is 3.62. The molecule has 1 aliphatic carbocycles. The third-order valence-corrected chi connectivity index (χ3v) is 3.33. The van der Waals surface area contributed by atoms with Gasteiger partial charge in [0.25, 0.3) is 0 Å². The second-order valence-corrected chi connectivity index (χ2v) is 4.53. The van der Waals surface area contributed by atoms with Gasteiger partial charge in [0.1, 0.15) is 5.65 Å². The predicted octanol–water partition coefficient (Wildman–Crippen LogP) is 1.53. The zero-order valence-electron chi connectivity index (χ0n) is 9.53. The number of hydrogen-bond donors (Lipinski definition) is 1. The van der Waals surface area contributed by atoms with Crippen molar-refractivity contribution < 1.29 is 4.74 Å². The van der Waals surface area contributed by atoms with Crippen LogP contribution in [0.2, 0.25) is 0 Å². The lowest BCUT2D eigenvalue weighted by molar-refractivity contribution is 0.399. The van der Waals surface area contributed by atoms with Crippen LogP contribution in [0.5, 0.6) is 5.88 Å². The number of nitrogens with zero attached hydrogens (tertiary/aromatic N) is 2. The Kier molecular flexibility index (Phi) is 1.80. The maximum Gasteiger partial charge on any atom is 0.214 e. The first-order chi connectivity index (χ1) is 7.64. The molecule has 3 rings (SSSR count). The summed E-state index contributed by atoms with van der Waals surface area (Å²) in [6.07, 6.45) is 4.22. The molecule has 1 saturated carbocycles. The lowest BCUT2D eigenvalue weighted by Gasteiger charge is -2.06. The van der Waals surface area contributed by atoms with Gasteiger partial charge in [0, 0.05) is 30.2 Å². The smallest absolute Gasteiger partial charge is 0.214 e. The van der Waals surface area contributed by atoms with Crippen LogP contribution in [-0.2, 0) is 12.6 Å². The molecule has 4 nitrogen and oxygen atoms in total. The molecular weight excluding hydrogens is 202 g/mol. The highest BCUT2D eigenvalue weighted by Gasteiger charge is 2.42. The highest BCUT2D eigenvalue weighted by Crippen LogP contribution is 2.45. The second kappa shape index (κ2) is 2.98. The molecule has 0 aromatic carbocycles. The average molecular weight is 217 g/mol. The summed E-state index contributed by atoms with van der Waals surface area (Å²) in [5, 5.41) is 1.14. The van der Waals surface area contributed by atoms with E-state index in [1.807, 2.05) is 23.7 Å². The Bertz CT molecular complexity index is 555. The van der Waals surface area contributed by atoms with Gasteiger partial charge in [0.2, 0.25) is 5.88 Å². The second-order valence-electron chi connectivity index (χ2n) is 4.53. The molecule has 2 aromatic heterocycles. The summed E-state index contributed by atoms with van der Waals surface area (Å²) in [4.78, 5) is 4.44. The average Bonchev–Trinajstić information content (AvgIpc) is 2.95. The van der Waals surface area contributed by atoms with Crippen LogP contribution in [0.4, 0.5) is 0 Å². The molecule has 1 fully saturated rings. The SMILES string of the molecule is COc1ccc2c(C3(N)CC3)cn(C)c2n1. The van der Waals surface area contributed by atoms with E-state index >= 15 is 0 Å². The maximum absolute atomic E-state index is 6.25. The van der Waals surface area contributed by atoms with Crippen molar-refractivity contribution in [3.8, 4) is 5.88 Å². The molecule has 0 spiro atoms. The highest BCUT2D eigenvalue weighted by molar-refractivity contribution is 5.82. The van der Waals surface area contributed by atoms with Crippen LogP contribution in [0.1, 0.15) is 18.4 Å². The number of pyridine rings is 1. The number of hydrogen-bond acceptors (Lipinski definition) is 3. The Balaban J connectivity index is 2.25. The molecule has 2 N–H and O–H groups in total. The van der Waals surface area contributed by atoms with E-state index in [1.165, 1.54) is 5.56 Å². The number of aryl methyl sites for hydroxylation is 1. The van der Waals surface area contributed by atoms with Gasteiger partial charge in [-0.2, -0.15) is 4.98 Å². The predicted molar refractivity (Wildman–Crippen MR) is 62.4 cm³/mol. The monoisotopic (exact) mass is 217 g/mol. The van der Waals surface area contributed by atoms with E-state index in [9.17, 15) is 0 Å². The van der Waals surface area contributed by atoms with Gasteiger partial charge in [-0.15, -0.1) is 0 Å². The van der Waals surface area contributed by atoms with E-state index < -0.39 is 0 Å². The molecule has 1 aliphatic rings. The van der Waals surface area contributed by atoms with E-state index in [2.05, 4.69) is 11.2 Å². The molecule has 0 radical (unpaired) electrons. The Hall–Kier alpha value is -1.55. The van der Waals surface area contributed by atoms with Crippen molar-refractivity contribution in [3.63, 3.8) is 0 Å². The van der Waals surface area contributed by atoms with Crippen LogP contribution in [0.15, 0.2) is 18.3 Å². The molecule has 4 heteroatoms. The van der Waals surface area contributed by atoms with Crippen molar-refractivity contribution in [2.75, 3.05) is 7.11 Å². The number of fused-ring (bicyclic) bond motifs is 1. The van der Waals surface area contributed by atoms with Gasteiger partial charge in [-0.25, -0.2) is 0 Å². The minimum atomic E-state index is -0.115. The van der Waals surface area contributed by atoms with Crippen LogP contribution < -0.4 is 10.5 Å². The van der Waals surface area contributed by atoms with Gasteiger partial charge >= 0.3 is 0 Å². The zero-order chi connectivity index (χ0) is 11.3. The molecule has 0 amide bonds. The van der Waals surface area contributed by atoms with Crippen molar-refractivity contribution in [1.82, 2.24) is 9.55 Å². The number of aromatic nitrogens is 2. The van der Waals surface area contributed by atoms with Crippen molar-refractivity contribution >= 4 is 11.0 Å². The summed E-state index contributed by atoms with van der Waals surface area (Å²) in [5.41, 5.74) is 8.27. The number of nitrogens with two attached hydrogens (primary N) is 1. The van der Waals surface area contributed by atoms with Crippen molar-refractivity contribution in [2.45, 2.75) is 18.4 Å². The lowest BCUT2D eigenvalue weighted by Crippen LogP contribution is -2.18. The molecular formula is C12H15N3O. The quantitative estimate of drug-likeness (QED) is 0.830. The summed E-state index contributed by atoms with van der Waals surface area (Å²) in [5.74, 6) is 0.641. The van der Waals surface area contributed by atoms with E-state index in [0.29, 0.717) is 5.88 Å². The molecule has 0 unspecified atom stereocenters. The van der Waals surface area contributed by atoms with Crippen LogP contribution in [0.25, 0.3) is 11.0 Å². The maximum atomic E-state index is 6.25. The Morgan fingerprint density at radius 3 is 2.81 bits per heavy atom. The highest BCUT2D eigenvalue weighted by atomic mass is 16.5. The van der Waals surface area contributed by atoms with E-state index in [-0.39, 0.29) is 5.54 Å². The third-order valence-electron chi connectivity index (χ3n) is 3.33. The molecule has 0 aliphatic heterocycles. The van der Waals surface area contributed by atoms with E-state index in [0.717, 1.165) is 23.9 Å². The molecule has 16 heavy (non-hydrogen) atoms.